The van der Waals surface area contributed by atoms with Crippen LogP contribution in [0.5, 0.6) is 0 Å². The highest BCUT2D eigenvalue weighted by Gasteiger charge is 2.47. The average molecular weight is 507 g/mol. The van der Waals surface area contributed by atoms with Gasteiger partial charge >= 0.3 is 6.18 Å². The first-order chi connectivity index (χ1) is 13.5. The minimum absolute atomic E-state index is 0.0784. The van der Waals surface area contributed by atoms with E-state index in [0.717, 1.165) is 0 Å². The van der Waals surface area contributed by atoms with Crippen molar-refractivity contribution in [3.8, 4) is 16.8 Å². The summed E-state index contributed by atoms with van der Waals surface area (Å²) in [4.78, 5) is -0.145. The van der Waals surface area contributed by atoms with E-state index in [2.05, 4.69) is 35.9 Å². The molecule has 0 amide bonds. The Kier molecular flexibility index (Phi) is 4.50. The summed E-state index contributed by atoms with van der Waals surface area (Å²) in [5.41, 5.74) is -0.558. The predicted octanol–water partition coefficient (Wildman–Crippen LogP) is 3.21. The molecule has 14 heteroatoms. The number of rotatable bonds is 4. The fourth-order valence-electron chi connectivity index (χ4n) is 2.76. The number of sulfonamides is 1. The van der Waals surface area contributed by atoms with E-state index in [9.17, 15) is 21.6 Å². The number of hydrogen-bond acceptors (Lipinski definition) is 7. The summed E-state index contributed by atoms with van der Waals surface area (Å²) in [5.74, 6) is 0. The average Bonchev–Trinajstić information content (AvgIpc) is 3.05. The second-order valence-electron chi connectivity index (χ2n) is 6.48. The molecule has 2 aromatic heterocycles. The van der Waals surface area contributed by atoms with E-state index in [0.29, 0.717) is 34.2 Å². The van der Waals surface area contributed by atoms with Crippen LogP contribution in [-0.4, -0.2) is 33.9 Å². The quantitative estimate of drug-likeness (QED) is 0.581. The Morgan fingerprint density at radius 2 is 2.03 bits per heavy atom. The summed E-state index contributed by atoms with van der Waals surface area (Å²) in [5, 5.41) is 19.2. The molecular formula is C15H10BrF3N6O2S2. The van der Waals surface area contributed by atoms with Gasteiger partial charge in [-0.15, -0.1) is 10.2 Å². The maximum absolute atomic E-state index is 12.9. The molecule has 1 saturated carbocycles. The SMILES string of the molecule is Cn1nc(-c2nnc(C(F)(F)F)s2)c2cc(S(=O)(=O)NC3(C#N)CC3)cc(Br)c21. The van der Waals surface area contributed by atoms with Crippen LogP contribution in [0, 0.1) is 11.3 Å². The first-order valence-electron chi connectivity index (χ1n) is 7.98. The molecule has 0 aliphatic heterocycles. The van der Waals surface area contributed by atoms with E-state index in [-0.39, 0.29) is 21.0 Å². The first kappa shape index (κ1) is 20.2. The fourth-order valence-corrected chi connectivity index (χ4v) is 5.77. The van der Waals surface area contributed by atoms with Crippen LogP contribution in [0.15, 0.2) is 21.5 Å². The predicted molar refractivity (Wildman–Crippen MR) is 100 cm³/mol. The van der Waals surface area contributed by atoms with Crippen LogP contribution in [0.25, 0.3) is 21.6 Å². The largest absolute Gasteiger partial charge is 0.445 e. The summed E-state index contributed by atoms with van der Waals surface area (Å²) >= 11 is 3.61. The van der Waals surface area contributed by atoms with Crippen molar-refractivity contribution in [2.75, 3.05) is 0 Å². The van der Waals surface area contributed by atoms with Crippen LogP contribution >= 0.6 is 27.3 Å². The topological polar surface area (TPSA) is 114 Å². The minimum Gasteiger partial charge on any atom is -0.266 e. The zero-order valence-corrected chi connectivity index (χ0v) is 17.7. The number of nitrogens with one attached hydrogen (secondary N) is 1. The Hall–Kier alpha value is -2.08. The summed E-state index contributed by atoms with van der Waals surface area (Å²) in [7, 11) is -2.47. The zero-order chi connectivity index (χ0) is 21.2. The molecule has 1 aliphatic rings. The molecule has 1 N–H and O–H groups in total. The Morgan fingerprint density at radius 3 is 2.59 bits per heavy atom. The van der Waals surface area contributed by atoms with E-state index < -0.39 is 26.7 Å². The standard InChI is InChI=1S/C15H10BrF3N6O2S2/c1-25-11-8(10(23-25)12-21-22-13(28-12)15(17,18)19)4-7(5-9(11)16)29(26,27)24-14(6-20)2-3-14/h4-5,24H,2-3H2,1H3. The molecule has 0 saturated heterocycles. The van der Waals surface area contributed by atoms with Crippen LogP contribution in [-0.2, 0) is 23.2 Å². The number of nitrogens with zero attached hydrogens (tertiary/aromatic N) is 5. The van der Waals surface area contributed by atoms with Crippen LogP contribution in [0.2, 0.25) is 0 Å². The van der Waals surface area contributed by atoms with Gasteiger partial charge in [-0.1, -0.05) is 11.3 Å². The number of fused-ring (bicyclic) bond motifs is 1. The van der Waals surface area contributed by atoms with Crippen molar-refractivity contribution in [2.45, 2.75) is 29.5 Å². The van der Waals surface area contributed by atoms with Crippen molar-refractivity contribution in [2.24, 2.45) is 7.05 Å². The fraction of sp³-hybridized carbons (Fsp3) is 0.333. The molecule has 0 bridgehead atoms. The summed E-state index contributed by atoms with van der Waals surface area (Å²) in [6.45, 7) is 0. The highest BCUT2D eigenvalue weighted by Crippen LogP contribution is 2.40. The lowest BCUT2D eigenvalue weighted by molar-refractivity contribution is -0.138. The molecule has 2 heterocycles. The van der Waals surface area contributed by atoms with Gasteiger partial charge in [0.1, 0.15) is 11.2 Å². The van der Waals surface area contributed by atoms with Gasteiger partial charge in [0.05, 0.1) is 16.5 Å². The molecule has 4 rings (SSSR count). The zero-order valence-electron chi connectivity index (χ0n) is 14.4. The summed E-state index contributed by atoms with van der Waals surface area (Å²) in [6.07, 6.45) is -3.82. The molecule has 1 aromatic carbocycles. The molecule has 0 radical (unpaired) electrons. The van der Waals surface area contributed by atoms with Crippen molar-refractivity contribution in [1.82, 2.24) is 24.7 Å². The third-order valence-corrected chi connectivity index (χ3v) is 7.43. The molecule has 152 valence electrons. The Morgan fingerprint density at radius 1 is 1.34 bits per heavy atom. The number of aromatic nitrogens is 4. The van der Waals surface area contributed by atoms with Gasteiger partial charge in [-0.05, 0) is 40.9 Å². The Bertz CT molecular complexity index is 1290. The van der Waals surface area contributed by atoms with Gasteiger partial charge in [0, 0.05) is 16.9 Å². The Balaban J connectivity index is 1.86. The lowest BCUT2D eigenvalue weighted by Crippen LogP contribution is -2.35. The van der Waals surface area contributed by atoms with Gasteiger partial charge in [0.2, 0.25) is 15.0 Å². The molecule has 1 aliphatic carbocycles. The van der Waals surface area contributed by atoms with Gasteiger partial charge in [-0.2, -0.15) is 28.3 Å². The summed E-state index contributed by atoms with van der Waals surface area (Å²) < 4.78 is 68.3. The second kappa shape index (κ2) is 6.46. The van der Waals surface area contributed by atoms with E-state index in [1.807, 2.05) is 6.07 Å². The van der Waals surface area contributed by atoms with Crippen molar-refractivity contribution >= 4 is 48.2 Å². The number of nitriles is 1. The van der Waals surface area contributed by atoms with Crippen LogP contribution < -0.4 is 4.72 Å². The van der Waals surface area contributed by atoms with Crippen LogP contribution in [0.1, 0.15) is 17.8 Å². The third-order valence-electron chi connectivity index (χ3n) is 4.34. The highest BCUT2D eigenvalue weighted by atomic mass is 79.9. The van der Waals surface area contributed by atoms with Crippen molar-refractivity contribution in [3.63, 3.8) is 0 Å². The normalized spacial score (nSPS) is 16.1. The van der Waals surface area contributed by atoms with Gasteiger partial charge in [-0.25, -0.2) is 8.42 Å². The minimum atomic E-state index is -4.64. The molecule has 0 atom stereocenters. The van der Waals surface area contributed by atoms with E-state index in [1.165, 1.54) is 16.8 Å². The van der Waals surface area contributed by atoms with Crippen LogP contribution in [0.4, 0.5) is 13.2 Å². The Labute approximate surface area is 174 Å². The number of hydrogen-bond donors (Lipinski definition) is 1. The van der Waals surface area contributed by atoms with Gasteiger partial charge in [0.15, 0.2) is 5.01 Å². The lowest BCUT2D eigenvalue weighted by atomic mass is 10.2. The van der Waals surface area contributed by atoms with E-state index >= 15 is 0 Å². The number of aryl methyl sites for hydroxylation is 1. The molecule has 1 fully saturated rings. The van der Waals surface area contributed by atoms with Gasteiger partial charge in [0.25, 0.3) is 0 Å². The maximum atomic E-state index is 12.9. The molecule has 0 unspecified atom stereocenters. The van der Waals surface area contributed by atoms with Gasteiger partial charge in [-0.3, -0.25) is 4.68 Å². The van der Waals surface area contributed by atoms with Crippen molar-refractivity contribution in [3.05, 3.63) is 21.6 Å². The highest BCUT2D eigenvalue weighted by molar-refractivity contribution is 9.10. The first-order valence-corrected chi connectivity index (χ1v) is 11.1. The van der Waals surface area contributed by atoms with Crippen molar-refractivity contribution in [1.29, 1.82) is 5.26 Å². The number of benzene rings is 1. The molecular weight excluding hydrogens is 497 g/mol. The second-order valence-corrected chi connectivity index (χ2v) is 10.00. The third kappa shape index (κ3) is 3.52. The smallest absolute Gasteiger partial charge is 0.266 e. The number of alkyl halides is 3. The molecule has 29 heavy (non-hydrogen) atoms. The number of halogens is 4. The van der Waals surface area contributed by atoms with E-state index in [1.54, 1.807) is 7.05 Å². The van der Waals surface area contributed by atoms with Gasteiger partial charge < -0.3 is 0 Å². The summed E-state index contributed by atoms with van der Waals surface area (Å²) in [6, 6.07) is 4.60. The monoisotopic (exact) mass is 506 g/mol. The van der Waals surface area contributed by atoms with E-state index in [4.69, 9.17) is 5.26 Å². The maximum Gasteiger partial charge on any atom is 0.445 e. The van der Waals surface area contributed by atoms with Crippen LogP contribution in [0.3, 0.4) is 0 Å². The molecule has 8 nitrogen and oxygen atoms in total. The van der Waals surface area contributed by atoms with Crippen molar-refractivity contribution < 1.29 is 21.6 Å². The molecule has 3 aromatic rings. The molecule has 0 spiro atoms. The lowest BCUT2D eigenvalue weighted by Gasteiger charge is -2.11.